The Labute approximate surface area is 125 Å². The van der Waals surface area contributed by atoms with Crippen molar-refractivity contribution in [2.45, 2.75) is 25.4 Å². The quantitative estimate of drug-likeness (QED) is 0.860. The van der Waals surface area contributed by atoms with Gasteiger partial charge in [-0.3, -0.25) is 4.79 Å². The molecular weight excluding hydrogens is 266 g/mol. The Morgan fingerprint density at radius 2 is 2.00 bits per heavy atom. The van der Waals surface area contributed by atoms with E-state index in [-0.39, 0.29) is 18.6 Å². The number of methoxy groups -OCH3 is 1. The molecule has 1 aliphatic heterocycles. The maximum atomic E-state index is 12.4. The highest BCUT2D eigenvalue weighted by Gasteiger charge is 2.23. The minimum atomic E-state index is 0.0689. The van der Waals surface area contributed by atoms with Gasteiger partial charge in [0.2, 0.25) is 0 Å². The van der Waals surface area contributed by atoms with Gasteiger partial charge in [0.05, 0.1) is 12.7 Å². The lowest BCUT2D eigenvalue weighted by atomic mass is 10.1. The number of benzene rings is 1. The van der Waals surface area contributed by atoms with Crippen molar-refractivity contribution in [1.29, 1.82) is 0 Å². The van der Waals surface area contributed by atoms with E-state index in [1.54, 1.807) is 7.11 Å². The van der Waals surface area contributed by atoms with Crippen molar-refractivity contribution < 1.29 is 14.6 Å². The van der Waals surface area contributed by atoms with E-state index >= 15 is 0 Å². The summed E-state index contributed by atoms with van der Waals surface area (Å²) in [5.74, 6) is 5.89. The summed E-state index contributed by atoms with van der Waals surface area (Å²) in [4.78, 5) is 14.3. The van der Waals surface area contributed by atoms with E-state index in [0.717, 1.165) is 31.5 Å². The van der Waals surface area contributed by atoms with Crippen LogP contribution in [0.15, 0.2) is 24.3 Å². The molecule has 2 rings (SSSR count). The van der Waals surface area contributed by atoms with E-state index in [4.69, 9.17) is 9.84 Å². The first kappa shape index (κ1) is 15.6. The van der Waals surface area contributed by atoms with Gasteiger partial charge in [-0.25, -0.2) is 0 Å². The number of piperidine rings is 1. The smallest absolute Gasteiger partial charge is 0.253 e. The maximum absolute atomic E-state index is 12.4. The molecule has 0 aliphatic carbocycles. The number of hydrogen-bond acceptors (Lipinski definition) is 3. The number of aliphatic hydroxyl groups is 1. The largest absolute Gasteiger partial charge is 0.395 e. The van der Waals surface area contributed by atoms with Gasteiger partial charge in [0.1, 0.15) is 0 Å². The van der Waals surface area contributed by atoms with Crippen LogP contribution in [0.3, 0.4) is 0 Å². The van der Waals surface area contributed by atoms with E-state index in [9.17, 15) is 4.79 Å². The molecule has 1 amide bonds. The Morgan fingerprint density at radius 1 is 1.33 bits per heavy atom. The Balaban J connectivity index is 1.96. The van der Waals surface area contributed by atoms with E-state index in [1.165, 1.54) is 0 Å². The van der Waals surface area contributed by atoms with Crippen LogP contribution < -0.4 is 0 Å². The van der Waals surface area contributed by atoms with Gasteiger partial charge < -0.3 is 14.7 Å². The van der Waals surface area contributed by atoms with Gasteiger partial charge in [-0.05, 0) is 37.1 Å². The molecule has 4 heteroatoms. The summed E-state index contributed by atoms with van der Waals surface area (Å²) in [6.07, 6.45) is 2.54. The molecule has 21 heavy (non-hydrogen) atoms. The van der Waals surface area contributed by atoms with Crippen molar-refractivity contribution in [3.05, 3.63) is 35.4 Å². The Hall–Kier alpha value is -1.83. The van der Waals surface area contributed by atoms with Crippen LogP contribution >= 0.6 is 0 Å². The molecule has 1 N–H and O–H groups in total. The zero-order valence-corrected chi connectivity index (χ0v) is 12.3. The lowest BCUT2D eigenvalue weighted by molar-refractivity contribution is 0.0351. The van der Waals surface area contributed by atoms with Gasteiger partial charge in [-0.1, -0.05) is 11.8 Å². The number of carbonyl (C=O) groups excluding carboxylic acids is 1. The number of ether oxygens (including phenoxy) is 1. The predicted molar refractivity (Wildman–Crippen MR) is 81.0 cm³/mol. The van der Waals surface area contributed by atoms with Crippen molar-refractivity contribution in [2.24, 2.45) is 0 Å². The molecule has 1 aromatic carbocycles. The minimum absolute atomic E-state index is 0.0689. The fourth-order valence-corrected chi connectivity index (χ4v) is 2.39. The van der Waals surface area contributed by atoms with Crippen molar-refractivity contribution >= 4 is 5.91 Å². The second-order valence-electron chi connectivity index (χ2n) is 5.08. The SMILES string of the molecule is COC1CCN(C(=O)c2ccc(C#CCCO)cc2)CC1. The van der Waals surface area contributed by atoms with Crippen molar-refractivity contribution in [2.75, 3.05) is 26.8 Å². The van der Waals surface area contributed by atoms with E-state index in [1.807, 2.05) is 29.2 Å². The Bertz CT molecular complexity index is 519. The topological polar surface area (TPSA) is 49.8 Å². The third-order valence-corrected chi connectivity index (χ3v) is 3.66. The lowest BCUT2D eigenvalue weighted by Crippen LogP contribution is -2.40. The standard InChI is InChI=1S/C17H21NO3/c1-21-16-9-11-18(12-10-16)17(20)15-7-5-14(6-8-15)4-2-3-13-19/h5-8,16,19H,3,9-13H2,1H3. The maximum Gasteiger partial charge on any atom is 0.253 e. The summed E-state index contributed by atoms with van der Waals surface area (Å²) in [5, 5.41) is 8.68. The van der Waals surface area contributed by atoms with Crippen LogP contribution in [0.2, 0.25) is 0 Å². The van der Waals surface area contributed by atoms with Gasteiger partial charge in [-0.15, -0.1) is 0 Å². The molecule has 1 aliphatic rings. The van der Waals surface area contributed by atoms with Gasteiger partial charge >= 0.3 is 0 Å². The molecule has 1 fully saturated rings. The molecule has 1 aromatic rings. The molecule has 1 heterocycles. The fourth-order valence-electron chi connectivity index (χ4n) is 2.39. The molecule has 4 nitrogen and oxygen atoms in total. The van der Waals surface area contributed by atoms with Crippen molar-refractivity contribution in [1.82, 2.24) is 4.90 Å². The van der Waals surface area contributed by atoms with Crippen LogP contribution in [0.25, 0.3) is 0 Å². The van der Waals surface area contributed by atoms with Crippen molar-refractivity contribution in [3.8, 4) is 11.8 Å². The number of aliphatic hydroxyl groups excluding tert-OH is 1. The summed E-state index contributed by atoms with van der Waals surface area (Å²) in [5.41, 5.74) is 1.55. The summed E-state index contributed by atoms with van der Waals surface area (Å²) in [6.45, 7) is 1.56. The zero-order chi connectivity index (χ0) is 15.1. The van der Waals surface area contributed by atoms with Gasteiger partial charge in [0.25, 0.3) is 5.91 Å². The highest BCUT2D eigenvalue weighted by Crippen LogP contribution is 2.16. The molecular formula is C17H21NO3. The lowest BCUT2D eigenvalue weighted by Gasteiger charge is -2.31. The number of rotatable bonds is 3. The summed E-state index contributed by atoms with van der Waals surface area (Å²) >= 11 is 0. The number of hydrogen-bond donors (Lipinski definition) is 1. The summed E-state index contributed by atoms with van der Waals surface area (Å²) in [6, 6.07) is 7.32. The number of amides is 1. The van der Waals surface area contributed by atoms with E-state index < -0.39 is 0 Å². The monoisotopic (exact) mass is 287 g/mol. The molecule has 0 aromatic heterocycles. The van der Waals surface area contributed by atoms with Crippen LogP contribution in [-0.4, -0.2) is 48.8 Å². The highest BCUT2D eigenvalue weighted by atomic mass is 16.5. The summed E-state index contributed by atoms with van der Waals surface area (Å²) in [7, 11) is 1.72. The molecule has 0 atom stereocenters. The molecule has 1 saturated heterocycles. The van der Waals surface area contributed by atoms with Crippen LogP contribution in [0.5, 0.6) is 0 Å². The second-order valence-corrected chi connectivity index (χ2v) is 5.08. The van der Waals surface area contributed by atoms with Gasteiger partial charge in [0.15, 0.2) is 0 Å². The first-order valence-corrected chi connectivity index (χ1v) is 7.26. The van der Waals surface area contributed by atoms with E-state index in [2.05, 4.69) is 11.8 Å². The van der Waals surface area contributed by atoms with Gasteiger partial charge in [0, 0.05) is 37.7 Å². The van der Waals surface area contributed by atoms with Crippen molar-refractivity contribution in [3.63, 3.8) is 0 Å². The van der Waals surface area contributed by atoms with Crippen LogP contribution in [0, 0.1) is 11.8 Å². The molecule has 0 radical (unpaired) electrons. The predicted octanol–water partition coefficient (Wildman–Crippen LogP) is 1.67. The fraction of sp³-hybridized carbons (Fsp3) is 0.471. The zero-order valence-electron chi connectivity index (χ0n) is 12.3. The Morgan fingerprint density at radius 3 is 2.57 bits per heavy atom. The van der Waals surface area contributed by atoms with Crippen LogP contribution in [-0.2, 0) is 4.74 Å². The van der Waals surface area contributed by atoms with Gasteiger partial charge in [-0.2, -0.15) is 0 Å². The number of likely N-dealkylation sites (tertiary alicyclic amines) is 1. The summed E-state index contributed by atoms with van der Waals surface area (Å²) < 4.78 is 5.32. The number of carbonyl (C=O) groups is 1. The Kier molecular flexibility index (Phi) is 5.79. The van der Waals surface area contributed by atoms with E-state index in [0.29, 0.717) is 12.0 Å². The van der Waals surface area contributed by atoms with Crippen LogP contribution in [0.4, 0.5) is 0 Å². The normalized spacial score (nSPS) is 15.4. The first-order valence-electron chi connectivity index (χ1n) is 7.26. The highest BCUT2D eigenvalue weighted by molar-refractivity contribution is 5.94. The first-order chi connectivity index (χ1) is 10.2. The minimum Gasteiger partial charge on any atom is -0.395 e. The third-order valence-electron chi connectivity index (χ3n) is 3.66. The number of nitrogens with zero attached hydrogens (tertiary/aromatic N) is 1. The molecule has 0 unspecified atom stereocenters. The second kappa shape index (κ2) is 7.82. The molecule has 0 saturated carbocycles. The molecule has 0 spiro atoms. The molecule has 0 bridgehead atoms. The molecule has 112 valence electrons. The average Bonchev–Trinajstić information content (AvgIpc) is 2.55. The third kappa shape index (κ3) is 4.32. The van der Waals surface area contributed by atoms with Crippen LogP contribution in [0.1, 0.15) is 35.2 Å². The average molecular weight is 287 g/mol.